The summed E-state index contributed by atoms with van der Waals surface area (Å²) < 4.78 is 32.1. The normalized spacial score (nSPS) is 22.3. The minimum atomic E-state index is -3.25. The summed E-state index contributed by atoms with van der Waals surface area (Å²) in [4.78, 5) is 7.18. The average Bonchev–Trinajstić information content (AvgIpc) is 3.54. The van der Waals surface area contributed by atoms with Crippen LogP contribution in [0.4, 0.5) is 0 Å². The molecule has 0 aromatic heterocycles. The Kier molecular flexibility index (Phi) is 7.61. The Morgan fingerprint density at radius 2 is 1.71 bits per heavy atom. The molecular weight excluding hydrogens is 376 g/mol. The molecule has 1 aliphatic heterocycles. The van der Waals surface area contributed by atoms with Gasteiger partial charge in [0.2, 0.25) is 10.0 Å². The van der Waals surface area contributed by atoms with E-state index in [1.54, 1.807) is 4.31 Å². The number of hydrogen-bond acceptors (Lipinski definition) is 4. The van der Waals surface area contributed by atoms with E-state index in [1.165, 1.54) is 25.7 Å². The highest BCUT2D eigenvalue weighted by atomic mass is 32.2. The van der Waals surface area contributed by atoms with Crippen molar-refractivity contribution in [2.24, 2.45) is 22.7 Å². The first-order valence-corrected chi connectivity index (χ1v) is 12.6. The van der Waals surface area contributed by atoms with Crippen LogP contribution < -0.4 is 5.32 Å². The molecule has 1 saturated heterocycles. The van der Waals surface area contributed by atoms with Crippen molar-refractivity contribution in [3.63, 3.8) is 0 Å². The Balaban J connectivity index is 1.51. The van der Waals surface area contributed by atoms with Gasteiger partial charge in [0.1, 0.15) is 0 Å². The lowest BCUT2D eigenvalue weighted by Crippen LogP contribution is -2.54. The van der Waals surface area contributed by atoms with Crippen LogP contribution in [-0.2, 0) is 14.8 Å². The maximum absolute atomic E-state index is 12.5. The van der Waals surface area contributed by atoms with Gasteiger partial charge >= 0.3 is 0 Å². The van der Waals surface area contributed by atoms with Crippen molar-refractivity contribution in [1.29, 1.82) is 0 Å². The highest BCUT2D eigenvalue weighted by Gasteiger charge is 2.41. The van der Waals surface area contributed by atoms with Crippen LogP contribution in [0.1, 0.15) is 46.5 Å². The van der Waals surface area contributed by atoms with Crippen LogP contribution in [0.2, 0.25) is 0 Å². The lowest BCUT2D eigenvalue weighted by Gasteiger charge is -2.36. The van der Waals surface area contributed by atoms with E-state index in [1.807, 2.05) is 13.8 Å². The summed E-state index contributed by atoms with van der Waals surface area (Å²) in [6.45, 7) is 10.4. The van der Waals surface area contributed by atoms with Gasteiger partial charge in [-0.15, -0.1) is 0 Å². The standard InChI is InChI=1S/C20H38N4O3S/c1-4-21-20(22-15-19(17-5-6-17)18-7-8-18)23-9-11-24(12-10-23)28(25,26)14-13-27-16(2)3/h16-19H,4-15H2,1-3H3,(H,21,22). The molecule has 0 atom stereocenters. The monoisotopic (exact) mass is 414 g/mol. The molecule has 8 heteroatoms. The molecule has 1 heterocycles. The van der Waals surface area contributed by atoms with E-state index in [2.05, 4.69) is 17.1 Å². The van der Waals surface area contributed by atoms with E-state index in [0.29, 0.717) is 26.2 Å². The van der Waals surface area contributed by atoms with Crippen molar-refractivity contribution in [1.82, 2.24) is 14.5 Å². The molecule has 0 spiro atoms. The number of sulfonamides is 1. The van der Waals surface area contributed by atoms with E-state index in [-0.39, 0.29) is 18.5 Å². The summed E-state index contributed by atoms with van der Waals surface area (Å²) in [6, 6.07) is 0. The summed E-state index contributed by atoms with van der Waals surface area (Å²) >= 11 is 0. The maximum Gasteiger partial charge on any atom is 0.216 e. The summed E-state index contributed by atoms with van der Waals surface area (Å²) in [6.07, 6.45) is 5.57. The Bertz CT molecular complexity index is 609. The fourth-order valence-electron chi connectivity index (χ4n) is 4.05. The third-order valence-corrected chi connectivity index (χ3v) is 7.80. The minimum Gasteiger partial charge on any atom is -0.378 e. The Morgan fingerprint density at radius 1 is 1.11 bits per heavy atom. The van der Waals surface area contributed by atoms with Gasteiger partial charge in [0.05, 0.1) is 18.5 Å². The molecule has 0 unspecified atom stereocenters. The van der Waals surface area contributed by atoms with Crippen LogP contribution in [0.5, 0.6) is 0 Å². The molecule has 0 aromatic carbocycles. The molecule has 0 bridgehead atoms. The number of ether oxygens (including phenoxy) is 1. The highest BCUT2D eigenvalue weighted by molar-refractivity contribution is 7.89. The van der Waals surface area contributed by atoms with Crippen LogP contribution in [0.15, 0.2) is 4.99 Å². The van der Waals surface area contributed by atoms with Crippen LogP contribution in [0.25, 0.3) is 0 Å². The summed E-state index contributed by atoms with van der Waals surface area (Å²) in [7, 11) is -3.25. The molecule has 7 nitrogen and oxygen atoms in total. The van der Waals surface area contributed by atoms with Crippen molar-refractivity contribution in [3.05, 3.63) is 0 Å². The largest absolute Gasteiger partial charge is 0.378 e. The SMILES string of the molecule is CCNC(=NCC(C1CC1)C1CC1)N1CCN(S(=O)(=O)CCOC(C)C)CC1. The number of nitrogens with zero attached hydrogens (tertiary/aromatic N) is 3. The fraction of sp³-hybridized carbons (Fsp3) is 0.950. The summed E-state index contributed by atoms with van der Waals surface area (Å²) in [5.41, 5.74) is 0. The topological polar surface area (TPSA) is 74.2 Å². The lowest BCUT2D eigenvalue weighted by atomic mass is 9.98. The van der Waals surface area contributed by atoms with E-state index in [4.69, 9.17) is 9.73 Å². The molecular formula is C20H38N4O3S. The molecule has 2 saturated carbocycles. The number of guanidine groups is 1. The first-order chi connectivity index (χ1) is 13.4. The predicted molar refractivity (Wildman–Crippen MR) is 113 cm³/mol. The van der Waals surface area contributed by atoms with E-state index < -0.39 is 10.0 Å². The molecule has 3 aliphatic rings. The van der Waals surface area contributed by atoms with Crippen molar-refractivity contribution in [2.75, 3.05) is 51.6 Å². The van der Waals surface area contributed by atoms with Gasteiger partial charge in [-0.25, -0.2) is 8.42 Å². The number of nitrogens with one attached hydrogen (secondary N) is 1. The Labute approximate surface area is 170 Å². The molecule has 162 valence electrons. The van der Waals surface area contributed by atoms with Crippen LogP contribution in [0, 0.1) is 17.8 Å². The number of aliphatic imine (C=N–C) groups is 1. The first kappa shape index (κ1) is 21.8. The van der Waals surface area contributed by atoms with Crippen molar-refractivity contribution < 1.29 is 13.2 Å². The third kappa shape index (κ3) is 6.32. The van der Waals surface area contributed by atoms with Crippen LogP contribution in [0.3, 0.4) is 0 Å². The van der Waals surface area contributed by atoms with Crippen LogP contribution in [-0.4, -0.2) is 81.3 Å². The number of hydrogen-bond donors (Lipinski definition) is 1. The Hall–Kier alpha value is -0.860. The third-order valence-electron chi connectivity index (χ3n) is 5.97. The maximum atomic E-state index is 12.5. The molecule has 0 radical (unpaired) electrons. The molecule has 0 amide bonds. The fourth-order valence-corrected chi connectivity index (χ4v) is 5.33. The molecule has 2 aliphatic carbocycles. The Morgan fingerprint density at radius 3 is 2.21 bits per heavy atom. The second-order valence-corrected chi connectivity index (χ2v) is 10.7. The van der Waals surface area contributed by atoms with E-state index in [9.17, 15) is 8.42 Å². The summed E-state index contributed by atoms with van der Waals surface area (Å²) in [5, 5.41) is 3.41. The molecule has 0 aromatic rings. The lowest BCUT2D eigenvalue weighted by molar-refractivity contribution is 0.0904. The predicted octanol–water partition coefficient (Wildman–Crippen LogP) is 1.76. The average molecular weight is 415 g/mol. The molecule has 3 rings (SSSR count). The molecule has 1 N–H and O–H groups in total. The van der Waals surface area contributed by atoms with Gasteiger partial charge < -0.3 is 15.0 Å². The van der Waals surface area contributed by atoms with Crippen molar-refractivity contribution in [2.45, 2.75) is 52.6 Å². The number of rotatable bonds is 10. The van der Waals surface area contributed by atoms with E-state index >= 15 is 0 Å². The minimum absolute atomic E-state index is 0.0565. The van der Waals surface area contributed by atoms with Crippen molar-refractivity contribution in [3.8, 4) is 0 Å². The molecule has 28 heavy (non-hydrogen) atoms. The van der Waals surface area contributed by atoms with Gasteiger partial charge in [0.25, 0.3) is 0 Å². The first-order valence-electron chi connectivity index (χ1n) is 11.0. The van der Waals surface area contributed by atoms with Gasteiger partial charge in [0, 0.05) is 39.3 Å². The van der Waals surface area contributed by atoms with Gasteiger partial charge in [-0.05, 0) is 64.2 Å². The second kappa shape index (κ2) is 9.76. The second-order valence-electron chi connectivity index (χ2n) is 8.65. The van der Waals surface area contributed by atoms with Gasteiger partial charge in [-0.3, -0.25) is 4.99 Å². The van der Waals surface area contributed by atoms with E-state index in [0.717, 1.165) is 36.8 Å². The highest BCUT2D eigenvalue weighted by Crippen LogP contribution is 2.49. The van der Waals surface area contributed by atoms with Crippen LogP contribution >= 0.6 is 0 Å². The summed E-state index contributed by atoms with van der Waals surface area (Å²) in [5.74, 6) is 3.57. The smallest absolute Gasteiger partial charge is 0.216 e. The van der Waals surface area contributed by atoms with Gasteiger partial charge in [-0.2, -0.15) is 4.31 Å². The van der Waals surface area contributed by atoms with Crippen molar-refractivity contribution >= 4 is 16.0 Å². The quantitative estimate of drug-likeness (QED) is 0.436. The number of piperazine rings is 1. The zero-order valence-electron chi connectivity index (χ0n) is 17.8. The van der Waals surface area contributed by atoms with Gasteiger partial charge in [-0.1, -0.05) is 0 Å². The zero-order valence-corrected chi connectivity index (χ0v) is 18.6. The zero-order chi connectivity index (χ0) is 20.1. The molecule has 3 fully saturated rings. The van der Waals surface area contributed by atoms with Gasteiger partial charge in [0.15, 0.2) is 5.96 Å².